The molecule has 0 radical (unpaired) electrons. The standard InChI is InChI=1S/C23H20ClN3O3/c1-13-21(18-10-15(24)8-9-19(18)26(13)12-20(28)29)22-16-4-2-3-5-17(16)23(30)27(25-22)11-14-6-7-14/h2-5,8-10,14H,6-7,11-12H2,1H3,(H,28,29). The van der Waals surface area contributed by atoms with Crippen LogP contribution < -0.4 is 5.56 Å². The predicted molar refractivity (Wildman–Crippen MR) is 117 cm³/mol. The molecule has 6 nitrogen and oxygen atoms in total. The van der Waals surface area contributed by atoms with Crippen LogP contribution >= 0.6 is 11.6 Å². The molecule has 0 unspecified atom stereocenters. The Morgan fingerprint density at radius 2 is 1.90 bits per heavy atom. The number of rotatable bonds is 5. The van der Waals surface area contributed by atoms with Crippen molar-refractivity contribution in [3.8, 4) is 11.3 Å². The Kier molecular flexibility index (Phi) is 4.40. The average Bonchev–Trinajstić information content (AvgIpc) is 3.50. The molecule has 7 heteroatoms. The minimum Gasteiger partial charge on any atom is -0.480 e. The highest BCUT2D eigenvalue weighted by molar-refractivity contribution is 6.31. The second kappa shape index (κ2) is 6.99. The molecule has 0 atom stereocenters. The first-order valence-electron chi connectivity index (χ1n) is 9.94. The molecule has 30 heavy (non-hydrogen) atoms. The topological polar surface area (TPSA) is 77.1 Å². The van der Waals surface area contributed by atoms with Crippen LogP contribution in [0.5, 0.6) is 0 Å². The van der Waals surface area contributed by atoms with Crippen molar-refractivity contribution < 1.29 is 9.90 Å². The van der Waals surface area contributed by atoms with Crippen molar-refractivity contribution in [1.29, 1.82) is 0 Å². The van der Waals surface area contributed by atoms with Gasteiger partial charge in [-0.15, -0.1) is 0 Å². The Labute approximate surface area is 177 Å². The third kappa shape index (κ3) is 3.08. The normalized spacial score (nSPS) is 13.9. The number of carbonyl (C=O) groups is 1. The molecule has 0 amide bonds. The van der Waals surface area contributed by atoms with Crippen molar-refractivity contribution in [3.63, 3.8) is 0 Å². The molecular formula is C23H20ClN3O3. The summed E-state index contributed by atoms with van der Waals surface area (Å²) in [7, 11) is 0. The summed E-state index contributed by atoms with van der Waals surface area (Å²) in [6.07, 6.45) is 2.23. The van der Waals surface area contributed by atoms with Gasteiger partial charge in [-0.05, 0) is 49.9 Å². The molecule has 0 bridgehead atoms. The zero-order valence-corrected chi connectivity index (χ0v) is 17.2. The summed E-state index contributed by atoms with van der Waals surface area (Å²) in [5, 5.41) is 17.0. The van der Waals surface area contributed by atoms with E-state index in [-0.39, 0.29) is 12.1 Å². The first kappa shape index (κ1) is 18.9. The van der Waals surface area contributed by atoms with Crippen molar-refractivity contribution in [3.05, 3.63) is 63.5 Å². The minimum atomic E-state index is -0.923. The number of hydrogen-bond donors (Lipinski definition) is 1. The van der Waals surface area contributed by atoms with Crippen LogP contribution in [0.2, 0.25) is 5.02 Å². The van der Waals surface area contributed by atoms with Gasteiger partial charge in [0.2, 0.25) is 0 Å². The van der Waals surface area contributed by atoms with E-state index in [1.54, 1.807) is 15.3 Å². The van der Waals surface area contributed by atoms with Gasteiger partial charge < -0.3 is 9.67 Å². The second-order valence-corrected chi connectivity index (χ2v) is 8.36. The lowest BCUT2D eigenvalue weighted by molar-refractivity contribution is -0.137. The van der Waals surface area contributed by atoms with Crippen LogP contribution in [-0.4, -0.2) is 25.4 Å². The number of benzene rings is 2. The number of halogens is 1. The molecule has 1 N–H and O–H groups in total. The van der Waals surface area contributed by atoms with E-state index in [4.69, 9.17) is 16.7 Å². The van der Waals surface area contributed by atoms with Crippen molar-refractivity contribution in [1.82, 2.24) is 14.3 Å². The van der Waals surface area contributed by atoms with Crippen LogP contribution in [0, 0.1) is 12.8 Å². The molecule has 4 aromatic rings. The SMILES string of the molecule is Cc1c(-c2nn(CC3CC3)c(=O)c3ccccc23)c2cc(Cl)ccc2n1CC(=O)O. The van der Waals surface area contributed by atoms with Crippen LogP contribution in [0.3, 0.4) is 0 Å². The number of hydrogen-bond acceptors (Lipinski definition) is 3. The summed E-state index contributed by atoms with van der Waals surface area (Å²) in [6, 6.07) is 12.9. The average molecular weight is 422 g/mol. The van der Waals surface area contributed by atoms with Crippen molar-refractivity contribution in [2.75, 3.05) is 0 Å². The minimum absolute atomic E-state index is 0.0915. The molecule has 1 fully saturated rings. The molecule has 2 heterocycles. The zero-order chi connectivity index (χ0) is 21.0. The summed E-state index contributed by atoms with van der Waals surface area (Å²) < 4.78 is 3.33. The van der Waals surface area contributed by atoms with Gasteiger partial charge in [0.05, 0.1) is 5.39 Å². The van der Waals surface area contributed by atoms with Crippen LogP contribution in [0.4, 0.5) is 0 Å². The highest BCUT2D eigenvalue weighted by Crippen LogP contribution is 2.38. The summed E-state index contributed by atoms with van der Waals surface area (Å²) in [5.41, 5.74) is 2.96. The summed E-state index contributed by atoms with van der Waals surface area (Å²) >= 11 is 6.30. The fraction of sp³-hybridized carbons (Fsp3) is 0.261. The maximum Gasteiger partial charge on any atom is 0.323 e. The molecule has 0 saturated heterocycles. The van der Waals surface area contributed by atoms with E-state index < -0.39 is 5.97 Å². The second-order valence-electron chi connectivity index (χ2n) is 7.93. The fourth-order valence-corrected chi connectivity index (χ4v) is 4.35. The third-order valence-corrected chi connectivity index (χ3v) is 6.05. The van der Waals surface area contributed by atoms with Gasteiger partial charge in [-0.2, -0.15) is 5.10 Å². The van der Waals surface area contributed by atoms with Gasteiger partial charge in [0, 0.05) is 39.1 Å². The molecule has 1 aliphatic carbocycles. The Bertz CT molecular complexity index is 1380. The lowest BCUT2D eigenvalue weighted by Gasteiger charge is -2.12. The lowest BCUT2D eigenvalue weighted by atomic mass is 10.0. The van der Waals surface area contributed by atoms with Gasteiger partial charge in [-0.3, -0.25) is 9.59 Å². The molecule has 2 aromatic heterocycles. The number of aliphatic carboxylic acids is 1. The molecule has 5 rings (SSSR count). The first-order chi connectivity index (χ1) is 14.4. The summed E-state index contributed by atoms with van der Waals surface area (Å²) in [6.45, 7) is 2.33. The maximum atomic E-state index is 13.0. The van der Waals surface area contributed by atoms with Crippen molar-refractivity contribution in [2.45, 2.75) is 32.9 Å². The van der Waals surface area contributed by atoms with Gasteiger partial charge in [-0.25, -0.2) is 4.68 Å². The fourth-order valence-electron chi connectivity index (χ4n) is 4.18. The van der Waals surface area contributed by atoms with Gasteiger partial charge in [0.25, 0.3) is 5.56 Å². The van der Waals surface area contributed by atoms with E-state index in [1.807, 2.05) is 43.3 Å². The van der Waals surface area contributed by atoms with E-state index in [0.29, 0.717) is 28.6 Å². The van der Waals surface area contributed by atoms with Crippen molar-refractivity contribution in [2.24, 2.45) is 5.92 Å². The number of nitrogens with zero attached hydrogens (tertiary/aromatic N) is 3. The third-order valence-electron chi connectivity index (χ3n) is 5.81. The van der Waals surface area contributed by atoms with Crippen LogP contribution in [0.1, 0.15) is 18.5 Å². The zero-order valence-electron chi connectivity index (χ0n) is 16.4. The monoisotopic (exact) mass is 421 g/mol. The highest BCUT2D eigenvalue weighted by Gasteiger charge is 2.25. The van der Waals surface area contributed by atoms with Crippen LogP contribution in [0.25, 0.3) is 32.9 Å². The van der Waals surface area contributed by atoms with Gasteiger partial charge in [0.1, 0.15) is 12.2 Å². The lowest BCUT2D eigenvalue weighted by Crippen LogP contribution is -2.24. The first-order valence-corrected chi connectivity index (χ1v) is 10.3. The van der Waals surface area contributed by atoms with E-state index in [9.17, 15) is 14.7 Å². The van der Waals surface area contributed by atoms with Crippen LogP contribution in [-0.2, 0) is 17.9 Å². The number of carboxylic acid groups (broad SMARTS) is 1. The Balaban J connectivity index is 1.87. The molecule has 0 aliphatic heterocycles. The van der Waals surface area contributed by atoms with E-state index in [2.05, 4.69) is 0 Å². The highest BCUT2D eigenvalue weighted by atomic mass is 35.5. The van der Waals surface area contributed by atoms with Gasteiger partial charge in [-0.1, -0.05) is 29.8 Å². The molecule has 1 saturated carbocycles. The van der Waals surface area contributed by atoms with Gasteiger partial charge in [0.15, 0.2) is 0 Å². The van der Waals surface area contributed by atoms with E-state index in [0.717, 1.165) is 40.4 Å². The Hall–Kier alpha value is -3.12. The smallest absolute Gasteiger partial charge is 0.323 e. The number of fused-ring (bicyclic) bond motifs is 2. The molecular weight excluding hydrogens is 402 g/mol. The maximum absolute atomic E-state index is 13.0. The van der Waals surface area contributed by atoms with E-state index in [1.165, 1.54) is 0 Å². The number of carboxylic acids is 1. The quantitative estimate of drug-likeness (QED) is 0.515. The Morgan fingerprint density at radius 3 is 2.60 bits per heavy atom. The summed E-state index contributed by atoms with van der Waals surface area (Å²) in [4.78, 5) is 24.5. The van der Waals surface area contributed by atoms with Crippen molar-refractivity contribution >= 4 is 39.2 Å². The Morgan fingerprint density at radius 1 is 1.17 bits per heavy atom. The summed E-state index contributed by atoms with van der Waals surface area (Å²) in [5.74, 6) is -0.430. The predicted octanol–water partition coefficient (Wildman–Crippen LogP) is 4.47. The van der Waals surface area contributed by atoms with E-state index >= 15 is 0 Å². The number of aromatic nitrogens is 3. The molecule has 0 spiro atoms. The molecule has 2 aromatic carbocycles. The molecule has 152 valence electrons. The largest absolute Gasteiger partial charge is 0.480 e. The van der Waals surface area contributed by atoms with Crippen LogP contribution in [0.15, 0.2) is 47.3 Å². The van der Waals surface area contributed by atoms with Gasteiger partial charge >= 0.3 is 5.97 Å². The molecule has 1 aliphatic rings.